The van der Waals surface area contributed by atoms with Crippen LogP contribution in [0.2, 0.25) is 0 Å². The maximum Gasteiger partial charge on any atom is 0.206 e. The topological polar surface area (TPSA) is 82.3 Å². The zero-order chi connectivity index (χ0) is 34.0. The number of unbranched alkanes of at least 4 members (excludes halogenated alkanes) is 18. The average molecular weight is 703 g/mol. The Hall–Kier alpha value is -2.23. The Morgan fingerprint density at radius 3 is 1.04 bits per heavy atom. The van der Waals surface area contributed by atoms with Crippen LogP contribution in [-0.2, 0) is 9.84 Å². The quantitative estimate of drug-likeness (QED) is 0.0570. The van der Waals surface area contributed by atoms with Crippen LogP contribution < -0.4 is 21.3 Å². The average Bonchev–Trinajstić information content (AvgIpc) is 3.06. The van der Waals surface area contributed by atoms with E-state index in [9.17, 15) is 8.42 Å². The Balaban J connectivity index is 1.63. The monoisotopic (exact) mass is 702 g/mol. The summed E-state index contributed by atoms with van der Waals surface area (Å²) in [5, 5.41) is 13.9. The van der Waals surface area contributed by atoms with Gasteiger partial charge >= 0.3 is 0 Å². The van der Waals surface area contributed by atoms with E-state index >= 15 is 0 Å². The van der Waals surface area contributed by atoms with E-state index in [0.717, 1.165) is 37.3 Å². The van der Waals surface area contributed by atoms with Crippen molar-refractivity contribution in [2.45, 2.75) is 152 Å². The lowest BCUT2D eigenvalue weighted by Gasteiger charge is -2.12. The number of sulfone groups is 1. The molecular weight excluding hydrogens is 641 g/mol. The Kier molecular flexibility index (Phi) is 22.4. The number of thiocarbonyl (C=S) groups is 2. The highest BCUT2D eigenvalue weighted by Crippen LogP contribution is 2.24. The fourth-order valence-electron chi connectivity index (χ4n) is 5.55. The summed E-state index contributed by atoms with van der Waals surface area (Å²) in [5.41, 5.74) is 1.51. The summed E-state index contributed by atoms with van der Waals surface area (Å²) in [6, 6.07) is 13.4. The molecule has 0 radical (unpaired) electrons. The molecule has 47 heavy (non-hydrogen) atoms. The molecule has 0 bridgehead atoms. The molecule has 0 spiro atoms. The fourth-order valence-corrected chi connectivity index (χ4v) is 7.25. The minimum atomic E-state index is -3.65. The van der Waals surface area contributed by atoms with Crippen LogP contribution in [0.15, 0.2) is 58.3 Å². The minimum absolute atomic E-state index is 0.238. The standard InChI is InChI=1S/C38H62N4O2S3/c1-3-5-7-9-11-13-15-17-19-21-31-39-37(45)41-33-23-27-35(28-24-33)47(43,44)36-29-25-34(26-30-36)42-38(46)40-32-22-20-18-16-14-12-10-8-6-4-2/h23-30H,3-22,31-32H2,1-2H3,(H2,39,41,45)(H2,40,42,46). The van der Waals surface area contributed by atoms with Gasteiger partial charge in [-0.05, 0) is 85.8 Å². The van der Waals surface area contributed by atoms with Gasteiger partial charge in [-0.25, -0.2) is 8.42 Å². The molecule has 6 nitrogen and oxygen atoms in total. The predicted octanol–water partition coefficient (Wildman–Crippen LogP) is 10.9. The van der Waals surface area contributed by atoms with Gasteiger partial charge < -0.3 is 21.3 Å². The minimum Gasteiger partial charge on any atom is -0.362 e. The second kappa shape index (κ2) is 25.7. The molecule has 2 aromatic rings. The van der Waals surface area contributed by atoms with Gasteiger partial charge in [-0.3, -0.25) is 0 Å². The first-order valence-electron chi connectivity index (χ1n) is 18.4. The predicted molar refractivity (Wildman–Crippen MR) is 210 cm³/mol. The third-order valence-electron chi connectivity index (χ3n) is 8.48. The van der Waals surface area contributed by atoms with Crippen molar-refractivity contribution in [1.82, 2.24) is 10.6 Å². The Morgan fingerprint density at radius 1 is 0.468 bits per heavy atom. The lowest BCUT2D eigenvalue weighted by molar-refractivity contribution is 0.555. The summed E-state index contributed by atoms with van der Waals surface area (Å²) in [5.74, 6) is 0. The highest BCUT2D eigenvalue weighted by atomic mass is 32.2. The molecule has 4 N–H and O–H groups in total. The maximum absolute atomic E-state index is 13.2. The van der Waals surface area contributed by atoms with Crippen LogP contribution in [0.3, 0.4) is 0 Å². The van der Waals surface area contributed by atoms with Crippen molar-refractivity contribution < 1.29 is 8.42 Å². The van der Waals surface area contributed by atoms with Crippen LogP contribution in [-0.4, -0.2) is 31.7 Å². The molecule has 0 atom stereocenters. The van der Waals surface area contributed by atoms with Crippen LogP contribution in [0.1, 0.15) is 142 Å². The van der Waals surface area contributed by atoms with Crippen LogP contribution in [0.25, 0.3) is 0 Å². The first-order chi connectivity index (χ1) is 22.9. The van der Waals surface area contributed by atoms with E-state index in [-0.39, 0.29) is 9.79 Å². The van der Waals surface area contributed by atoms with Crippen molar-refractivity contribution in [3.05, 3.63) is 48.5 Å². The number of nitrogens with one attached hydrogen (secondary N) is 4. The molecule has 2 rings (SSSR count). The number of anilines is 2. The van der Waals surface area contributed by atoms with Gasteiger partial charge in [0.1, 0.15) is 0 Å². The van der Waals surface area contributed by atoms with E-state index < -0.39 is 9.84 Å². The molecule has 0 saturated heterocycles. The normalized spacial score (nSPS) is 11.3. The largest absolute Gasteiger partial charge is 0.362 e. The summed E-state index contributed by atoms with van der Waals surface area (Å²) >= 11 is 10.9. The number of hydrogen-bond acceptors (Lipinski definition) is 4. The van der Waals surface area contributed by atoms with Gasteiger partial charge in [-0.1, -0.05) is 129 Å². The van der Waals surface area contributed by atoms with Gasteiger partial charge in [-0.2, -0.15) is 0 Å². The van der Waals surface area contributed by atoms with Crippen molar-refractivity contribution in [3.8, 4) is 0 Å². The van der Waals surface area contributed by atoms with Gasteiger partial charge in [0.15, 0.2) is 10.2 Å². The van der Waals surface area contributed by atoms with Crippen LogP contribution >= 0.6 is 24.4 Å². The van der Waals surface area contributed by atoms with Gasteiger partial charge in [-0.15, -0.1) is 0 Å². The van der Waals surface area contributed by atoms with E-state index in [1.165, 1.54) is 116 Å². The maximum atomic E-state index is 13.2. The molecule has 0 fully saturated rings. The van der Waals surface area contributed by atoms with Gasteiger partial charge in [0.05, 0.1) is 9.79 Å². The third-order valence-corrected chi connectivity index (χ3v) is 10.8. The summed E-state index contributed by atoms with van der Waals surface area (Å²) < 4.78 is 26.5. The third kappa shape index (κ3) is 18.8. The molecule has 0 aromatic heterocycles. The summed E-state index contributed by atoms with van der Waals surface area (Å²) in [6.07, 6.45) is 26.0. The van der Waals surface area contributed by atoms with E-state index in [1.54, 1.807) is 48.5 Å². The molecule has 0 aliphatic rings. The van der Waals surface area contributed by atoms with Crippen LogP contribution in [0.5, 0.6) is 0 Å². The van der Waals surface area contributed by atoms with E-state index in [4.69, 9.17) is 24.4 Å². The van der Waals surface area contributed by atoms with Crippen LogP contribution in [0, 0.1) is 0 Å². The Bertz CT molecular complexity index is 1130. The lowest BCUT2D eigenvalue weighted by atomic mass is 10.1. The second-order valence-corrected chi connectivity index (χ2v) is 15.4. The van der Waals surface area contributed by atoms with Crippen LogP contribution in [0.4, 0.5) is 11.4 Å². The van der Waals surface area contributed by atoms with Gasteiger partial charge in [0.2, 0.25) is 9.84 Å². The zero-order valence-electron chi connectivity index (χ0n) is 29.2. The second-order valence-electron chi connectivity index (χ2n) is 12.7. The smallest absolute Gasteiger partial charge is 0.206 e. The molecule has 264 valence electrons. The highest BCUT2D eigenvalue weighted by Gasteiger charge is 2.17. The van der Waals surface area contributed by atoms with Crippen molar-refractivity contribution in [3.63, 3.8) is 0 Å². The number of benzene rings is 2. The first kappa shape index (κ1) is 40.9. The van der Waals surface area contributed by atoms with E-state index in [1.807, 2.05) is 0 Å². The zero-order valence-corrected chi connectivity index (χ0v) is 31.7. The molecule has 0 aliphatic carbocycles. The van der Waals surface area contributed by atoms with Gasteiger partial charge in [0.25, 0.3) is 0 Å². The highest BCUT2D eigenvalue weighted by molar-refractivity contribution is 7.91. The lowest BCUT2D eigenvalue weighted by Crippen LogP contribution is -2.29. The fraction of sp³-hybridized carbons (Fsp3) is 0.632. The number of hydrogen-bond donors (Lipinski definition) is 4. The molecule has 0 heterocycles. The molecule has 2 aromatic carbocycles. The van der Waals surface area contributed by atoms with Crippen molar-refractivity contribution >= 4 is 55.9 Å². The Labute approximate surface area is 298 Å². The molecule has 0 saturated carbocycles. The molecular formula is C38H62N4O2S3. The number of rotatable bonds is 26. The summed E-state index contributed by atoms with van der Waals surface area (Å²) in [4.78, 5) is 0.475. The molecule has 0 amide bonds. The summed E-state index contributed by atoms with van der Waals surface area (Å²) in [6.45, 7) is 6.18. The van der Waals surface area contributed by atoms with Crippen molar-refractivity contribution in [2.75, 3.05) is 23.7 Å². The summed E-state index contributed by atoms with van der Waals surface area (Å²) in [7, 11) is -3.65. The van der Waals surface area contributed by atoms with Gasteiger partial charge in [0, 0.05) is 24.5 Å². The SMILES string of the molecule is CCCCCCCCCCCCNC(=S)Nc1ccc(S(=O)(=O)c2ccc(NC(=S)NCCCCCCCCCCCC)cc2)cc1. The Morgan fingerprint density at radius 2 is 0.745 bits per heavy atom. The first-order valence-corrected chi connectivity index (χ1v) is 20.7. The van der Waals surface area contributed by atoms with Crippen molar-refractivity contribution in [1.29, 1.82) is 0 Å². The van der Waals surface area contributed by atoms with E-state index in [0.29, 0.717) is 10.2 Å². The molecule has 0 unspecified atom stereocenters. The molecule has 9 heteroatoms. The van der Waals surface area contributed by atoms with E-state index in [2.05, 4.69) is 35.1 Å². The molecule has 0 aliphatic heterocycles. The van der Waals surface area contributed by atoms with Crippen molar-refractivity contribution in [2.24, 2.45) is 0 Å².